The third-order valence-electron chi connectivity index (χ3n) is 5.82. The molecular formula is C24H26N6O2S. The quantitative estimate of drug-likeness (QED) is 0.418. The first-order valence-corrected chi connectivity index (χ1v) is 11.9. The van der Waals surface area contributed by atoms with E-state index in [2.05, 4.69) is 27.8 Å². The Morgan fingerprint density at radius 1 is 1.15 bits per heavy atom. The maximum atomic E-state index is 12.3. The Bertz CT molecular complexity index is 1360. The zero-order valence-corrected chi connectivity index (χ0v) is 20.0. The van der Waals surface area contributed by atoms with E-state index < -0.39 is 5.60 Å². The molecule has 0 unspecified atom stereocenters. The fourth-order valence-electron chi connectivity index (χ4n) is 4.27. The number of aromatic nitrogens is 4. The van der Waals surface area contributed by atoms with Crippen molar-refractivity contribution in [1.29, 1.82) is 5.26 Å². The Morgan fingerprint density at radius 3 is 2.58 bits per heavy atom. The van der Waals surface area contributed by atoms with Crippen LogP contribution in [0.3, 0.4) is 0 Å². The number of aryl methyl sites for hydroxylation is 1. The summed E-state index contributed by atoms with van der Waals surface area (Å²) in [6, 6.07) is 4.15. The number of fused-ring (bicyclic) bond motifs is 2. The number of carbonyl (C=O) groups is 1. The van der Waals surface area contributed by atoms with Crippen molar-refractivity contribution in [2.75, 3.05) is 13.1 Å². The molecule has 0 aliphatic carbocycles. The van der Waals surface area contributed by atoms with Crippen LogP contribution in [0.5, 0.6) is 0 Å². The number of pyridine rings is 1. The molecule has 8 nitrogen and oxygen atoms in total. The molecule has 9 heteroatoms. The fraction of sp³-hybridized carbons (Fsp3) is 0.417. The van der Waals surface area contributed by atoms with E-state index in [9.17, 15) is 10.1 Å². The van der Waals surface area contributed by atoms with E-state index >= 15 is 0 Å². The van der Waals surface area contributed by atoms with Crippen LogP contribution >= 0.6 is 11.3 Å². The molecule has 33 heavy (non-hydrogen) atoms. The third kappa shape index (κ3) is 4.18. The fourth-order valence-corrected chi connectivity index (χ4v) is 5.22. The second-order valence-corrected chi connectivity index (χ2v) is 10.6. The summed E-state index contributed by atoms with van der Waals surface area (Å²) in [7, 11) is 0. The molecule has 0 aromatic carbocycles. The molecule has 0 N–H and O–H groups in total. The number of hydrogen-bond acceptors (Lipinski definition) is 6. The summed E-state index contributed by atoms with van der Waals surface area (Å²) in [5.41, 5.74) is 3.68. The van der Waals surface area contributed by atoms with E-state index in [0.717, 1.165) is 39.6 Å². The van der Waals surface area contributed by atoms with Crippen LogP contribution in [-0.2, 0) is 4.74 Å². The summed E-state index contributed by atoms with van der Waals surface area (Å²) < 4.78 is 9.47. The van der Waals surface area contributed by atoms with E-state index in [1.807, 2.05) is 50.6 Å². The van der Waals surface area contributed by atoms with E-state index in [4.69, 9.17) is 9.72 Å². The molecule has 1 aliphatic rings. The van der Waals surface area contributed by atoms with Gasteiger partial charge in [0, 0.05) is 49.4 Å². The summed E-state index contributed by atoms with van der Waals surface area (Å²) in [6.45, 7) is 8.94. The van der Waals surface area contributed by atoms with Crippen LogP contribution in [0.25, 0.3) is 21.0 Å². The number of hydrogen-bond donors (Lipinski definition) is 0. The van der Waals surface area contributed by atoms with Crippen molar-refractivity contribution >= 4 is 28.0 Å². The van der Waals surface area contributed by atoms with Gasteiger partial charge in [-0.15, -0.1) is 0 Å². The molecule has 170 valence electrons. The standard InChI is InChI=1S/C24H26N6O2S/c1-15-11-29-12-18(9-17(10-25)21(29)26-15)20-14-30-13-19(27-22(30)33-20)16-5-7-28(8-6-16)23(31)32-24(2,3)4/h9,11-14,16H,5-8H2,1-4H3. The Morgan fingerprint density at radius 2 is 1.91 bits per heavy atom. The highest BCUT2D eigenvalue weighted by molar-refractivity contribution is 7.20. The van der Waals surface area contributed by atoms with Crippen LogP contribution < -0.4 is 0 Å². The second kappa shape index (κ2) is 7.89. The van der Waals surface area contributed by atoms with Crippen molar-refractivity contribution in [2.45, 2.75) is 52.1 Å². The lowest BCUT2D eigenvalue weighted by atomic mass is 9.94. The molecule has 0 radical (unpaired) electrons. The normalized spacial score (nSPS) is 15.3. The highest BCUT2D eigenvalue weighted by Crippen LogP contribution is 2.33. The van der Waals surface area contributed by atoms with Crippen LogP contribution in [0.4, 0.5) is 4.79 Å². The zero-order chi connectivity index (χ0) is 23.3. The van der Waals surface area contributed by atoms with Crippen LogP contribution in [0, 0.1) is 18.3 Å². The van der Waals surface area contributed by atoms with Crippen molar-refractivity contribution < 1.29 is 9.53 Å². The van der Waals surface area contributed by atoms with Crippen LogP contribution in [0.1, 0.15) is 56.5 Å². The van der Waals surface area contributed by atoms with Gasteiger partial charge in [0.25, 0.3) is 0 Å². The average molecular weight is 463 g/mol. The number of nitriles is 1. The number of piperidine rings is 1. The minimum Gasteiger partial charge on any atom is -0.444 e. The first-order valence-electron chi connectivity index (χ1n) is 11.1. The number of thiazole rings is 1. The molecule has 1 amide bonds. The van der Waals surface area contributed by atoms with E-state index in [1.54, 1.807) is 16.2 Å². The van der Waals surface area contributed by atoms with Gasteiger partial charge in [-0.2, -0.15) is 5.26 Å². The minimum atomic E-state index is -0.477. The van der Waals surface area contributed by atoms with Gasteiger partial charge in [-0.25, -0.2) is 14.8 Å². The number of likely N-dealkylation sites (tertiary alicyclic amines) is 1. The third-order valence-corrected chi connectivity index (χ3v) is 6.86. The van der Waals surface area contributed by atoms with Gasteiger partial charge in [-0.3, -0.25) is 4.40 Å². The summed E-state index contributed by atoms with van der Waals surface area (Å²) in [6.07, 6.45) is 9.61. The molecule has 1 aliphatic heterocycles. The molecule has 1 fully saturated rings. The van der Waals surface area contributed by atoms with Crippen LogP contribution in [-0.4, -0.2) is 48.5 Å². The Kier molecular flexibility index (Phi) is 5.13. The molecule has 5 heterocycles. The van der Waals surface area contributed by atoms with Crippen molar-refractivity contribution in [3.63, 3.8) is 0 Å². The van der Waals surface area contributed by atoms with Gasteiger partial charge < -0.3 is 14.0 Å². The molecule has 5 rings (SSSR count). The van der Waals surface area contributed by atoms with Crippen molar-refractivity contribution in [3.05, 3.63) is 47.8 Å². The number of amides is 1. The minimum absolute atomic E-state index is 0.238. The van der Waals surface area contributed by atoms with Crippen molar-refractivity contribution in [2.24, 2.45) is 0 Å². The van der Waals surface area contributed by atoms with Gasteiger partial charge >= 0.3 is 6.09 Å². The predicted molar refractivity (Wildman–Crippen MR) is 126 cm³/mol. The first kappa shape index (κ1) is 21.5. The maximum absolute atomic E-state index is 12.3. The number of rotatable bonds is 2. The Balaban J connectivity index is 1.33. The number of ether oxygens (including phenoxy) is 1. The Hall–Kier alpha value is -3.38. The molecule has 0 spiro atoms. The Labute approximate surface area is 196 Å². The first-order chi connectivity index (χ1) is 15.7. The molecular weight excluding hydrogens is 436 g/mol. The number of carbonyl (C=O) groups excluding carboxylic acids is 1. The summed E-state index contributed by atoms with van der Waals surface area (Å²) >= 11 is 1.61. The maximum Gasteiger partial charge on any atom is 0.410 e. The van der Waals surface area contributed by atoms with Gasteiger partial charge in [0.15, 0.2) is 10.6 Å². The topological polar surface area (TPSA) is 87.9 Å². The van der Waals surface area contributed by atoms with Crippen LogP contribution in [0.2, 0.25) is 0 Å². The number of nitrogens with zero attached hydrogens (tertiary/aromatic N) is 6. The summed E-state index contributed by atoms with van der Waals surface area (Å²) in [5, 5.41) is 9.56. The molecule has 0 saturated carbocycles. The largest absolute Gasteiger partial charge is 0.444 e. The summed E-state index contributed by atoms with van der Waals surface area (Å²) in [5.74, 6) is 0.328. The SMILES string of the molecule is Cc1cn2cc(-c3cn4cc(C5CCN(C(=O)OC(C)(C)C)CC5)nc4s3)cc(C#N)c2n1. The molecule has 4 aromatic heterocycles. The lowest BCUT2D eigenvalue weighted by Crippen LogP contribution is -2.41. The van der Waals surface area contributed by atoms with Gasteiger partial charge in [0.1, 0.15) is 11.7 Å². The average Bonchev–Trinajstić information content (AvgIpc) is 3.43. The predicted octanol–water partition coefficient (Wildman–Crippen LogP) is 5.01. The van der Waals surface area contributed by atoms with Crippen molar-refractivity contribution in [3.8, 4) is 16.5 Å². The van der Waals surface area contributed by atoms with Gasteiger partial charge in [-0.1, -0.05) is 11.3 Å². The lowest BCUT2D eigenvalue weighted by molar-refractivity contribution is 0.0204. The monoisotopic (exact) mass is 462 g/mol. The molecule has 0 bridgehead atoms. The summed E-state index contributed by atoms with van der Waals surface area (Å²) in [4.78, 5) is 25.4. The zero-order valence-electron chi connectivity index (χ0n) is 19.2. The molecule has 1 saturated heterocycles. The number of imidazole rings is 2. The molecule has 0 atom stereocenters. The smallest absolute Gasteiger partial charge is 0.410 e. The van der Waals surface area contributed by atoms with E-state index in [0.29, 0.717) is 30.2 Å². The highest BCUT2D eigenvalue weighted by atomic mass is 32.1. The van der Waals surface area contributed by atoms with Gasteiger partial charge in [0.2, 0.25) is 0 Å². The van der Waals surface area contributed by atoms with Crippen molar-refractivity contribution in [1.82, 2.24) is 23.7 Å². The lowest BCUT2D eigenvalue weighted by Gasteiger charge is -2.32. The second-order valence-electron chi connectivity index (χ2n) is 9.56. The van der Waals surface area contributed by atoms with E-state index in [1.165, 1.54) is 0 Å². The van der Waals surface area contributed by atoms with E-state index in [-0.39, 0.29) is 6.09 Å². The molecule has 4 aromatic rings. The van der Waals surface area contributed by atoms with Crippen LogP contribution in [0.15, 0.2) is 30.9 Å². The highest BCUT2D eigenvalue weighted by Gasteiger charge is 2.28. The van der Waals surface area contributed by atoms with Gasteiger partial charge in [0.05, 0.1) is 21.8 Å². The van der Waals surface area contributed by atoms with Gasteiger partial charge in [-0.05, 0) is 46.6 Å².